The minimum Gasteiger partial charge on any atom is -0.265 e. The molecule has 0 atom stereocenters. The van der Waals surface area contributed by atoms with Crippen LogP contribution in [0.25, 0.3) is 0 Å². The number of hydrogen-bond acceptors (Lipinski definition) is 5. The Bertz CT molecular complexity index is 40.2. The van der Waals surface area contributed by atoms with E-state index >= 15 is 0 Å². The molecule has 0 saturated carbocycles. The van der Waals surface area contributed by atoms with E-state index in [9.17, 15) is 0 Å². The first-order valence-corrected chi connectivity index (χ1v) is 1.66. The molecule has 44 valence electrons. The summed E-state index contributed by atoms with van der Waals surface area (Å²) in [4.78, 5) is 4.03. The first-order chi connectivity index (χ1) is 3.13. The van der Waals surface area contributed by atoms with Gasteiger partial charge in [0, 0.05) is 14.1 Å². The van der Waals surface area contributed by atoms with Crippen LogP contribution in [0.1, 0.15) is 0 Å². The van der Waals surface area contributed by atoms with Gasteiger partial charge in [-0.25, -0.2) is 0 Å². The van der Waals surface area contributed by atoms with Crippen molar-refractivity contribution in [1.82, 2.24) is 10.5 Å². The molecule has 0 saturated heterocycles. The van der Waals surface area contributed by atoms with Gasteiger partial charge in [-0.3, -0.25) is 10.4 Å². The fourth-order valence-electron chi connectivity index (χ4n) is 0.146. The van der Waals surface area contributed by atoms with Gasteiger partial charge in [-0.1, -0.05) is 0 Å². The number of hydroxylamine groups is 2. The van der Waals surface area contributed by atoms with E-state index in [1.54, 1.807) is 0 Å². The molecular weight excluding hydrogens is 100 g/mol. The van der Waals surface area contributed by atoms with Crippen molar-refractivity contribution in [3.05, 3.63) is 0 Å². The van der Waals surface area contributed by atoms with Crippen LogP contribution >= 0.6 is 0 Å². The maximum absolute atomic E-state index is 7.85. The smallest absolute Gasteiger partial charge is 0.0894 e. The largest absolute Gasteiger partial charge is 0.265 e. The van der Waals surface area contributed by atoms with Crippen molar-refractivity contribution in [2.45, 2.75) is 0 Å². The average Bonchev–Trinajstić information content (AvgIpc) is 1.27. The molecule has 0 rings (SSSR count). The predicted octanol–water partition coefficient (Wildman–Crippen LogP) is -0.525. The van der Waals surface area contributed by atoms with E-state index in [1.807, 2.05) is 0 Å². The molecule has 7 heavy (non-hydrogen) atoms. The van der Waals surface area contributed by atoms with Gasteiger partial charge in [0.1, 0.15) is 0 Å². The van der Waals surface area contributed by atoms with E-state index in [0.29, 0.717) is 0 Å². The van der Waals surface area contributed by atoms with Crippen molar-refractivity contribution < 1.29 is 15.4 Å². The van der Waals surface area contributed by atoms with Gasteiger partial charge < -0.3 is 0 Å². The molecule has 5 heteroatoms. The Kier molecular flexibility index (Phi) is 2.81. The van der Waals surface area contributed by atoms with Gasteiger partial charge in [0.05, 0.1) is 5.39 Å². The average molecular weight is 108 g/mol. The van der Waals surface area contributed by atoms with Crippen LogP contribution in [0, 0.1) is 0 Å². The fraction of sp³-hybridized carbons (Fsp3) is 1.00. The van der Waals surface area contributed by atoms with Crippen LogP contribution in [-0.2, 0) is 4.94 Å². The molecular formula is C2H8N2O3. The Labute approximate surface area is 41.1 Å². The lowest BCUT2D eigenvalue weighted by Gasteiger charge is -2.09. The van der Waals surface area contributed by atoms with Crippen LogP contribution in [0.5, 0.6) is 0 Å². The molecule has 0 fully saturated rings. The lowest BCUT2D eigenvalue weighted by Crippen LogP contribution is -2.24. The number of rotatable bonds is 2. The standard InChI is InChI=1S/C2H8N2O3/c1-3(2)7-4(5)6/h5-6H,1-2H3. The maximum Gasteiger partial charge on any atom is 0.0894 e. The van der Waals surface area contributed by atoms with Gasteiger partial charge >= 0.3 is 0 Å². The Hall–Kier alpha value is -0.200. The second-order valence-corrected chi connectivity index (χ2v) is 1.15. The maximum atomic E-state index is 7.85. The Morgan fingerprint density at radius 1 is 1.29 bits per heavy atom. The Morgan fingerprint density at radius 2 is 1.71 bits per heavy atom. The lowest BCUT2D eigenvalue weighted by molar-refractivity contribution is -0.548. The van der Waals surface area contributed by atoms with E-state index < -0.39 is 0 Å². The molecule has 0 aromatic carbocycles. The highest BCUT2D eigenvalue weighted by molar-refractivity contribution is 3.96. The summed E-state index contributed by atoms with van der Waals surface area (Å²) in [5.74, 6) is 0. The van der Waals surface area contributed by atoms with Crippen molar-refractivity contribution in [3.8, 4) is 0 Å². The van der Waals surface area contributed by atoms with Crippen LogP contribution < -0.4 is 0 Å². The monoisotopic (exact) mass is 108 g/mol. The van der Waals surface area contributed by atoms with Crippen molar-refractivity contribution in [3.63, 3.8) is 0 Å². The molecule has 0 amide bonds. The van der Waals surface area contributed by atoms with Crippen molar-refractivity contribution in [2.24, 2.45) is 0 Å². The third kappa shape index (κ3) is 5.80. The van der Waals surface area contributed by atoms with Crippen molar-refractivity contribution in [2.75, 3.05) is 14.1 Å². The van der Waals surface area contributed by atoms with Crippen molar-refractivity contribution >= 4 is 0 Å². The van der Waals surface area contributed by atoms with Gasteiger partial charge in [0.25, 0.3) is 0 Å². The molecule has 0 aromatic rings. The number of nitrogens with zero attached hydrogens (tertiary/aromatic N) is 2. The van der Waals surface area contributed by atoms with Gasteiger partial charge in [-0.15, -0.1) is 0 Å². The third-order valence-electron chi connectivity index (χ3n) is 0.236. The summed E-state index contributed by atoms with van der Waals surface area (Å²) >= 11 is 0. The molecule has 0 aromatic heterocycles. The highest BCUT2D eigenvalue weighted by atomic mass is 17.1. The van der Waals surface area contributed by atoms with E-state index in [-0.39, 0.29) is 5.39 Å². The lowest BCUT2D eigenvalue weighted by atomic mass is 11.2. The quantitative estimate of drug-likeness (QED) is 0.466. The van der Waals surface area contributed by atoms with Crippen LogP contribution in [0.2, 0.25) is 0 Å². The minimum absolute atomic E-state index is 0.375. The van der Waals surface area contributed by atoms with Crippen LogP contribution in [-0.4, -0.2) is 35.0 Å². The summed E-state index contributed by atoms with van der Waals surface area (Å²) in [5.41, 5.74) is 0. The predicted molar refractivity (Wildman–Crippen MR) is 20.2 cm³/mol. The SMILES string of the molecule is CN(C)ON(O)O. The van der Waals surface area contributed by atoms with Gasteiger partial charge in [0.2, 0.25) is 0 Å². The third-order valence-corrected chi connectivity index (χ3v) is 0.236. The van der Waals surface area contributed by atoms with Gasteiger partial charge in [-0.2, -0.15) is 10.0 Å². The molecule has 0 aliphatic heterocycles. The van der Waals surface area contributed by atoms with Gasteiger partial charge in [-0.05, 0) is 0 Å². The second-order valence-electron chi connectivity index (χ2n) is 1.15. The normalized spacial score (nSPS) is 11.1. The zero-order chi connectivity index (χ0) is 5.86. The summed E-state index contributed by atoms with van der Waals surface area (Å²) in [6.07, 6.45) is 0. The highest BCUT2D eigenvalue weighted by Gasteiger charge is 1.92. The molecule has 5 nitrogen and oxygen atoms in total. The zero-order valence-electron chi connectivity index (χ0n) is 4.20. The van der Waals surface area contributed by atoms with E-state index in [0.717, 1.165) is 5.06 Å². The molecule has 2 N–H and O–H groups in total. The minimum atomic E-state index is -0.375. The summed E-state index contributed by atoms with van der Waals surface area (Å²) in [5, 5.41) is 16.4. The topological polar surface area (TPSA) is 56.2 Å². The molecule has 0 radical (unpaired) electrons. The summed E-state index contributed by atoms with van der Waals surface area (Å²) in [7, 11) is 3.03. The first-order valence-electron chi connectivity index (χ1n) is 1.66. The summed E-state index contributed by atoms with van der Waals surface area (Å²) < 4.78 is 0. The first kappa shape index (κ1) is 6.80. The Balaban J connectivity index is 2.95. The second kappa shape index (κ2) is 2.89. The summed E-state index contributed by atoms with van der Waals surface area (Å²) in [6, 6.07) is 0. The van der Waals surface area contributed by atoms with Crippen LogP contribution in [0.3, 0.4) is 0 Å². The van der Waals surface area contributed by atoms with E-state index in [1.165, 1.54) is 14.1 Å². The summed E-state index contributed by atoms with van der Waals surface area (Å²) in [6.45, 7) is 0. The van der Waals surface area contributed by atoms with Crippen molar-refractivity contribution in [1.29, 1.82) is 0 Å². The molecule has 0 bridgehead atoms. The molecule has 0 aliphatic carbocycles. The highest BCUT2D eigenvalue weighted by Crippen LogP contribution is 1.77. The fourth-order valence-corrected chi connectivity index (χ4v) is 0.146. The zero-order valence-corrected chi connectivity index (χ0v) is 4.20. The Morgan fingerprint density at radius 3 is 1.71 bits per heavy atom. The van der Waals surface area contributed by atoms with Crippen LogP contribution in [0.4, 0.5) is 0 Å². The molecule has 0 unspecified atom stereocenters. The van der Waals surface area contributed by atoms with Crippen LogP contribution in [0.15, 0.2) is 0 Å². The molecule has 0 aliphatic rings. The number of hydrogen-bond donors (Lipinski definition) is 2. The van der Waals surface area contributed by atoms with E-state index in [4.69, 9.17) is 10.4 Å². The van der Waals surface area contributed by atoms with Gasteiger partial charge in [0.15, 0.2) is 0 Å². The molecule has 0 spiro atoms. The van der Waals surface area contributed by atoms with E-state index in [2.05, 4.69) is 4.94 Å². The molecule has 0 heterocycles.